The van der Waals surface area contributed by atoms with Gasteiger partial charge in [-0.25, -0.2) is 0 Å². The lowest BCUT2D eigenvalue weighted by Gasteiger charge is -2.35. The van der Waals surface area contributed by atoms with Crippen LogP contribution in [0.25, 0.3) is 11.4 Å². The van der Waals surface area contributed by atoms with E-state index in [1.807, 2.05) is 24.3 Å². The number of nitrogens with two attached hydrogens (primary N) is 1. The van der Waals surface area contributed by atoms with Crippen molar-refractivity contribution in [2.75, 3.05) is 26.3 Å². The second-order valence-corrected chi connectivity index (χ2v) is 9.02. The van der Waals surface area contributed by atoms with Crippen LogP contribution in [-0.2, 0) is 25.7 Å². The van der Waals surface area contributed by atoms with Gasteiger partial charge in [0.1, 0.15) is 0 Å². The number of aromatic amines is 1. The number of carbonyl (C=O) groups is 3. The zero-order valence-corrected chi connectivity index (χ0v) is 21.3. The van der Waals surface area contributed by atoms with Crippen LogP contribution in [-0.4, -0.2) is 92.0 Å². The van der Waals surface area contributed by atoms with Crippen molar-refractivity contribution in [2.45, 2.75) is 58.2 Å². The van der Waals surface area contributed by atoms with Gasteiger partial charge in [-0.05, 0) is 42.5 Å². The lowest BCUT2D eigenvalue weighted by atomic mass is 10.00. The van der Waals surface area contributed by atoms with E-state index >= 15 is 0 Å². The molecule has 0 spiro atoms. The Morgan fingerprint density at radius 3 is 2.41 bits per heavy atom. The molecule has 204 valence electrons. The van der Waals surface area contributed by atoms with Crippen LogP contribution in [0, 0.1) is 5.92 Å². The molecule has 3 heterocycles. The van der Waals surface area contributed by atoms with Crippen LogP contribution in [0.15, 0.2) is 24.3 Å². The van der Waals surface area contributed by atoms with E-state index in [1.165, 1.54) is 0 Å². The first-order chi connectivity index (χ1) is 17.7. The molecule has 1 aromatic carbocycles. The molecule has 2 aliphatic heterocycles. The molecule has 13 heteroatoms. The van der Waals surface area contributed by atoms with E-state index in [2.05, 4.69) is 30.8 Å². The number of carboxylic acids is 2. The minimum absolute atomic E-state index is 0.0354. The third-order valence-corrected chi connectivity index (χ3v) is 5.89. The smallest absolute Gasteiger partial charge is 0.300 e. The molecule has 37 heavy (non-hydrogen) atoms. The van der Waals surface area contributed by atoms with Crippen molar-refractivity contribution in [3.8, 4) is 11.4 Å². The van der Waals surface area contributed by atoms with Crippen LogP contribution in [0.5, 0.6) is 0 Å². The molecule has 0 saturated carbocycles. The fourth-order valence-corrected chi connectivity index (χ4v) is 4.26. The maximum atomic E-state index is 12.9. The molecular formula is C24H37N7O6. The largest absolute Gasteiger partial charge is 0.481 e. The Morgan fingerprint density at radius 2 is 1.78 bits per heavy atom. The van der Waals surface area contributed by atoms with Crippen LogP contribution in [0.1, 0.15) is 45.1 Å². The minimum atomic E-state index is -0.833. The third-order valence-electron chi connectivity index (χ3n) is 5.89. The van der Waals surface area contributed by atoms with Gasteiger partial charge in [0.15, 0.2) is 0 Å². The number of H-pyrrole nitrogens is 1. The van der Waals surface area contributed by atoms with E-state index in [4.69, 9.17) is 30.3 Å². The molecule has 4 rings (SSSR count). The molecule has 0 unspecified atom stereocenters. The van der Waals surface area contributed by atoms with Gasteiger partial charge in [0.25, 0.3) is 11.9 Å². The molecule has 2 aliphatic rings. The normalized spacial score (nSPS) is 20.3. The average Bonchev–Trinajstić information content (AvgIpc) is 3.32. The molecule has 13 nitrogen and oxygen atoms in total. The zero-order valence-electron chi connectivity index (χ0n) is 21.3. The number of nitrogens with one attached hydrogen (secondary N) is 2. The summed E-state index contributed by atoms with van der Waals surface area (Å²) < 4.78 is 5.49. The highest BCUT2D eigenvalue weighted by atomic mass is 16.5. The number of likely N-dealkylation sites (tertiary alicyclic amines) is 1. The summed E-state index contributed by atoms with van der Waals surface area (Å²) in [5.41, 5.74) is 8.18. The summed E-state index contributed by atoms with van der Waals surface area (Å²) in [6, 6.07) is 8.42. The number of rotatable bonds is 5. The SMILES string of the molecule is CC(=O)O.CC(=O)O.N[C@H]1CC[C@@H](C(=O)NCc2cccc(-c3nn[nH]n3)c2)CN(C2CCOCC2)C1. The number of hydrogen-bond donors (Lipinski definition) is 5. The van der Waals surface area contributed by atoms with Crippen molar-refractivity contribution in [3.05, 3.63) is 29.8 Å². The molecule has 0 bridgehead atoms. The number of carbonyl (C=O) groups excluding carboxylic acids is 1. The Hall–Kier alpha value is -3.42. The summed E-state index contributed by atoms with van der Waals surface area (Å²) in [6.45, 7) is 5.87. The fraction of sp³-hybridized carbons (Fsp3) is 0.583. The van der Waals surface area contributed by atoms with Gasteiger partial charge in [0, 0.05) is 64.3 Å². The van der Waals surface area contributed by atoms with E-state index in [1.54, 1.807) is 0 Å². The first-order valence-corrected chi connectivity index (χ1v) is 12.2. The van der Waals surface area contributed by atoms with E-state index < -0.39 is 11.9 Å². The summed E-state index contributed by atoms with van der Waals surface area (Å²) in [5, 5.41) is 32.0. The van der Waals surface area contributed by atoms with Gasteiger partial charge in [0.2, 0.25) is 11.7 Å². The Labute approximate surface area is 215 Å². The number of aromatic nitrogens is 4. The highest BCUT2D eigenvalue weighted by Gasteiger charge is 2.31. The minimum Gasteiger partial charge on any atom is -0.481 e. The van der Waals surface area contributed by atoms with E-state index in [0.717, 1.165) is 77.0 Å². The summed E-state index contributed by atoms with van der Waals surface area (Å²) in [7, 11) is 0. The monoisotopic (exact) mass is 519 g/mol. The van der Waals surface area contributed by atoms with Gasteiger partial charge in [-0.3, -0.25) is 19.3 Å². The topological polar surface area (TPSA) is 197 Å². The highest BCUT2D eigenvalue weighted by Crippen LogP contribution is 2.23. The van der Waals surface area contributed by atoms with Gasteiger partial charge in [-0.15, -0.1) is 10.2 Å². The molecule has 2 aromatic rings. The van der Waals surface area contributed by atoms with Crippen molar-refractivity contribution in [2.24, 2.45) is 11.7 Å². The summed E-state index contributed by atoms with van der Waals surface area (Å²) in [4.78, 5) is 33.3. The number of nitrogens with zero attached hydrogens (tertiary/aromatic N) is 4. The first kappa shape index (κ1) is 29.8. The lowest BCUT2D eigenvalue weighted by molar-refractivity contribution is -0.135. The van der Waals surface area contributed by atoms with Crippen LogP contribution in [0.4, 0.5) is 0 Å². The van der Waals surface area contributed by atoms with E-state index in [-0.39, 0.29) is 17.9 Å². The number of carboxylic acid groups (broad SMARTS) is 2. The third kappa shape index (κ3) is 11.5. The van der Waals surface area contributed by atoms with Crippen LogP contribution in [0.3, 0.4) is 0 Å². The summed E-state index contributed by atoms with van der Waals surface area (Å²) >= 11 is 0. The molecule has 0 radical (unpaired) electrons. The molecule has 1 amide bonds. The number of amides is 1. The Morgan fingerprint density at radius 1 is 1.11 bits per heavy atom. The highest BCUT2D eigenvalue weighted by molar-refractivity contribution is 5.79. The quantitative estimate of drug-likeness (QED) is 0.376. The van der Waals surface area contributed by atoms with E-state index in [0.29, 0.717) is 18.4 Å². The molecule has 1 aromatic heterocycles. The Balaban J connectivity index is 0.000000530. The van der Waals surface area contributed by atoms with Crippen molar-refractivity contribution in [3.63, 3.8) is 0 Å². The molecule has 0 aliphatic carbocycles. The van der Waals surface area contributed by atoms with Crippen LogP contribution < -0.4 is 11.1 Å². The zero-order chi connectivity index (χ0) is 27.2. The molecule has 2 saturated heterocycles. The average molecular weight is 520 g/mol. The number of hydrogen-bond acceptors (Lipinski definition) is 9. The number of ether oxygens (including phenoxy) is 1. The Bertz CT molecular complexity index is 962. The second kappa shape index (κ2) is 15.6. The fourth-order valence-electron chi connectivity index (χ4n) is 4.26. The van der Waals surface area contributed by atoms with Crippen molar-refractivity contribution in [1.82, 2.24) is 30.8 Å². The molecule has 6 N–H and O–H groups in total. The first-order valence-electron chi connectivity index (χ1n) is 12.2. The molecule has 2 atom stereocenters. The molecule has 2 fully saturated rings. The maximum absolute atomic E-state index is 12.9. The van der Waals surface area contributed by atoms with Crippen molar-refractivity contribution < 1.29 is 29.3 Å². The predicted molar refractivity (Wildman–Crippen MR) is 134 cm³/mol. The number of benzene rings is 1. The maximum Gasteiger partial charge on any atom is 0.300 e. The van der Waals surface area contributed by atoms with Crippen LogP contribution >= 0.6 is 0 Å². The summed E-state index contributed by atoms with van der Waals surface area (Å²) in [5.74, 6) is -1.06. The van der Waals surface area contributed by atoms with Crippen molar-refractivity contribution >= 4 is 17.8 Å². The standard InChI is InChI=1S/C20H29N7O2.2C2H4O2/c21-17-5-4-16(12-27(13-17)18-6-8-29-9-7-18)20(28)22-11-14-2-1-3-15(10-14)19-23-25-26-24-19;2*1-2(3)4/h1-3,10,16-18H,4-9,11-13,21H2,(H,22,28)(H,23,24,25,26);2*1H3,(H,3,4)/t16-,17+;;/m1../s1. The van der Waals surface area contributed by atoms with Gasteiger partial charge >= 0.3 is 0 Å². The predicted octanol–water partition coefficient (Wildman–Crippen LogP) is 0.883. The van der Waals surface area contributed by atoms with E-state index in [9.17, 15) is 4.79 Å². The van der Waals surface area contributed by atoms with Gasteiger partial charge in [0.05, 0.1) is 5.92 Å². The van der Waals surface area contributed by atoms with Crippen LogP contribution in [0.2, 0.25) is 0 Å². The summed E-state index contributed by atoms with van der Waals surface area (Å²) in [6.07, 6.45) is 3.74. The van der Waals surface area contributed by atoms with Gasteiger partial charge < -0.3 is 26.0 Å². The molecular weight excluding hydrogens is 482 g/mol. The van der Waals surface area contributed by atoms with Crippen molar-refractivity contribution in [1.29, 1.82) is 0 Å². The lowest BCUT2D eigenvalue weighted by Crippen LogP contribution is -2.47. The number of aliphatic carboxylic acids is 2. The Kier molecular flexibility index (Phi) is 12.6. The van der Waals surface area contributed by atoms with Gasteiger partial charge in [-0.2, -0.15) is 5.21 Å². The second-order valence-electron chi connectivity index (χ2n) is 9.02. The number of tetrazole rings is 1. The van der Waals surface area contributed by atoms with Gasteiger partial charge in [-0.1, -0.05) is 18.2 Å².